The quantitative estimate of drug-likeness (QED) is 0.713. The molecule has 5 nitrogen and oxygen atoms in total. The van der Waals surface area contributed by atoms with Gasteiger partial charge in [-0.05, 0) is 12.1 Å². The Morgan fingerprint density at radius 2 is 2.29 bits per heavy atom. The normalized spacial score (nSPS) is 10.1. The van der Waals surface area contributed by atoms with Gasteiger partial charge in [0.2, 0.25) is 0 Å². The van der Waals surface area contributed by atoms with Crippen LogP contribution in [0.3, 0.4) is 0 Å². The number of hydrogen-bond acceptors (Lipinski definition) is 4. The average Bonchev–Trinajstić information content (AvgIpc) is 2.70. The van der Waals surface area contributed by atoms with Gasteiger partial charge >= 0.3 is 0 Å². The molecule has 14 heavy (non-hydrogen) atoms. The van der Waals surface area contributed by atoms with Crippen molar-refractivity contribution in [2.75, 3.05) is 12.8 Å². The second-order valence-electron chi connectivity index (χ2n) is 2.77. The summed E-state index contributed by atoms with van der Waals surface area (Å²) in [4.78, 5) is 3.86. The third kappa shape index (κ3) is 1.39. The largest absolute Gasteiger partial charge is 0.494 e. The van der Waals surface area contributed by atoms with Crippen molar-refractivity contribution in [1.29, 1.82) is 0 Å². The number of methoxy groups -OCH3 is 1. The molecule has 0 bridgehead atoms. The first-order valence-electron chi connectivity index (χ1n) is 4.10. The number of anilines is 1. The molecule has 2 rings (SSSR count). The highest BCUT2D eigenvalue weighted by molar-refractivity contribution is 5.55. The van der Waals surface area contributed by atoms with Crippen LogP contribution in [0.1, 0.15) is 0 Å². The molecule has 1 aromatic heterocycles. The van der Waals surface area contributed by atoms with Gasteiger partial charge in [-0.1, -0.05) is 0 Å². The zero-order valence-electron chi connectivity index (χ0n) is 7.71. The minimum absolute atomic E-state index is 0.658. The molecule has 0 fully saturated rings. The minimum Gasteiger partial charge on any atom is -0.494 e. The van der Waals surface area contributed by atoms with Gasteiger partial charge in [0.25, 0.3) is 0 Å². The van der Waals surface area contributed by atoms with Crippen LogP contribution in [0.15, 0.2) is 30.9 Å². The van der Waals surface area contributed by atoms with Gasteiger partial charge in [0.05, 0.1) is 7.11 Å². The summed E-state index contributed by atoms with van der Waals surface area (Å²) >= 11 is 0. The maximum absolute atomic E-state index is 5.63. The summed E-state index contributed by atoms with van der Waals surface area (Å²) in [5, 5.41) is 4.01. The molecule has 0 atom stereocenters. The number of aromatic nitrogens is 3. The minimum atomic E-state index is 0.658. The van der Waals surface area contributed by atoms with Crippen molar-refractivity contribution in [3.8, 4) is 11.4 Å². The van der Waals surface area contributed by atoms with Crippen molar-refractivity contribution >= 4 is 5.69 Å². The van der Waals surface area contributed by atoms with Gasteiger partial charge in [0.1, 0.15) is 24.1 Å². The summed E-state index contributed by atoms with van der Waals surface area (Å²) in [6.07, 6.45) is 3.07. The maximum atomic E-state index is 5.63. The molecule has 0 unspecified atom stereocenters. The molecule has 0 aliphatic heterocycles. The number of nitrogens with zero attached hydrogens (tertiary/aromatic N) is 3. The van der Waals surface area contributed by atoms with Crippen LogP contribution in [-0.2, 0) is 0 Å². The molecule has 0 saturated heterocycles. The van der Waals surface area contributed by atoms with Crippen molar-refractivity contribution in [2.24, 2.45) is 0 Å². The lowest BCUT2D eigenvalue weighted by Gasteiger charge is -2.07. The van der Waals surface area contributed by atoms with Crippen LogP contribution in [0, 0.1) is 0 Å². The van der Waals surface area contributed by atoms with Crippen LogP contribution in [0.25, 0.3) is 5.69 Å². The van der Waals surface area contributed by atoms with Crippen molar-refractivity contribution < 1.29 is 4.74 Å². The van der Waals surface area contributed by atoms with E-state index in [1.165, 1.54) is 6.33 Å². The molecular formula is C9H10N4O. The Morgan fingerprint density at radius 1 is 1.43 bits per heavy atom. The third-order valence-electron chi connectivity index (χ3n) is 1.87. The Hall–Kier alpha value is -2.04. The predicted molar refractivity (Wildman–Crippen MR) is 52.3 cm³/mol. The van der Waals surface area contributed by atoms with E-state index in [9.17, 15) is 0 Å². The van der Waals surface area contributed by atoms with Crippen LogP contribution in [0.4, 0.5) is 5.69 Å². The Kier molecular flexibility index (Phi) is 2.06. The van der Waals surface area contributed by atoms with Gasteiger partial charge in [-0.2, -0.15) is 5.10 Å². The van der Waals surface area contributed by atoms with E-state index in [2.05, 4.69) is 10.1 Å². The molecular weight excluding hydrogens is 180 g/mol. The molecule has 1 heterocycles. The molecule has 2 aromatic rings. The molecule has 5 heteroatoms. The van der Waals surface area contributed by atoms with Crippen LogP contribution < -0.4 is 10.5 Å². The zero-order valence-corrected chi connectivity index (χ0v) is 7.71. The first-order valence-corrected chi connectivity index (χ1v) is 4.10. The molecule has 0 aliphatic carbocycles. The Labute approximate surface area is 81.1 Å². The number of rotatable bonds is 2. The SMILES string of the molecule is COc1cc(N)ccc1-n1cncn1. The Bertz CT molecular complexity index is 424. The summed E-state index contributed by atoms with van der Waals surface area (Å²) in [6.45, 7) is 0. The van der Waals surface area contributed by atoms with Gasteiger partial charge < -0.3 is 10.5 Å². The van der Waals surface area contributed by atoms with Gasteiger partial charge in [-0.3, -0.25) is 0 Å². The lowest BCUT2D eigenvalue weighted by molar-refractivity contribution is 0.412. The standard InChI is InChI=1S/C9H10N4O/c1-14-9-4-7(10)2-3-8(9)13-6-11-5-12-13/h2-6H,10H2,1H3. The highest BCUT2D eigenvalue weighted by atomic mass is 16.5. The van der Waals surface area contributed by atoms with E-state index >= 15 is 0 Å². The lowest BCUT2D eigenvalue weighted by atomic mass is 10.2. The topological polar surface area (TPSA) is 66.0 Å². The van der Waals surface area contributed by atoms with Crippen LogP contribution in [0.2, 0.25) is 0 Å². The molecule has 0 amide bonds. The summed E-state index contributed by atoms with van der Waals surface area (Å²) in [5.41, 5.74) is 7.11. The van der Waals surface area contributed by atoms with Crippen molar-refractivity contribution in [3.63, 3.8) is 0 Å². The predicted octanol–water partition coefficient (Wildman–Crippen LogP) is 0.858. The fourth-order valence-corrected chi connectivity index (χ4v) is 1.22. The van der Waals surface area contributed by atoms with E-state index in [1.54, 1.807) is 30.3 Å². The monoisotopic (exact) mass is 190 g/mol. The molecule has 2 N–H and O–H groups in total. The first-order chi connectivity index (χ1) is 6.81. The van der Waals surface area contributed by atoms with Crippen molar-refractivity contribution in [1.82, 2.24) is 14.8 Å². The van der Waals surface area contributed by atoms with E-state index in [0.29, 0.717) is 11.4 Å². The summed E-state index contributed by atoms with van der Waals surface area (Å²) in [7, 11) is 1.59. The Morgan fingerprint density at radius 3 is 2.93 bits per heavy atom. The van der Waals surface area contributed by atoms with Gasteiger partial charge in [-0.15, -0.1) is 0 Å². The molecule has 0 spiro atoms. The van der Waals surface area contributed by atoms with Crippen molar-refractivity contribution in [2.45, 2.75) is 0 Å². The Balaban J connectivity index is 2.53. The summed E-state index contributed by atoms with van der Waals surface area (Å²) in [5.74, 6) is 0.676. The summed E-state index contributed by atoms with van der Waals surface area (Å²) in [6, 6.07) is 5.37. The fraction of sp³-hybridized carbons (Fsp3) is 0.111. The van der Waals surface area contributed by atoms with Gasteiger partial charge in [0, 0.05) is 11.8 Å². The number of nitrogens with two attached hydrogens (primary N) is 1. The molecule has 0 saturated carbocycles. The maximum Gasteiger partial charge on any atom is 0.146 e. The number of hydrogen-bond donors (Lipinski definition) is 1. The highest BCUT2D eigenvalue weighted by Crippen LogP contribution is 2.23. The number of nitrogen functional groups attached to an aromatic ring is 1. The molecule has 0 aliphatic rings. The second-order valence-corrected chi connectivity index (χ2v) is 2.77. The van der Waals surface area contributed by atoms with Crippen LogP contribution in [0.5, 0.6) is 5.75 Å². The zero-order chi connectivity index (χ0) is 9.97. The number of ether oxygens (including phenoxy) is 1. The molecule has 0 radical (unpaired) electrons. The third-order valence-corrected chi connectivity index (χ3v) is 1.87. The van der Waals surface area contributed by atoms with Crippen molar-refractivity contribution in [3.05, 3.63) is 30.9 Å². The van der Waals surface area contributed by atoms with Gasteiger partial charge in [-0.25, -0.2) is 9.67 Å². The smallest absolute Gasteiger partial charge is 0.146 e. The van der Waals surface area contributed by atoms with E-state index in [-0.39, 0.29) is 0 Å². The molecule has 72 valence electrons. The van der Waals surface area contributed by atoms with E-state index in [4.69, 9.17) is 10.5 Å². The van der Waals surface area contributed by atoms with E-state index < -0.39 is 0 Å². The fourth-order valence-electron chi connectivity index (χ4n) is 1.22. The average molecular weight is 190 g/mol. The lowest BCUT2D eigenvalue weighted by Crippen LogP contribution is -1.99. The first kappa shape index (κ1) is 8.55. The second kappa shape index (κ2) is 3.37. The highest BCUT2D eigenvalue weighted by Gasteiger charge is 2.05. The summed E-state index contributed by atoms with van der Waals surface area (Å²) < 4.78 is 6.80. The van der Waals surface area contributed by atoms with Crippen LogP contribution >= 0.6 is 0 Å². The number of benzene rings is 1. The van der Waals surface area contributed by atoms with E-state index in [0.717, 1.165) is 5.69 Å². The van der Waals surface area contributed by atoms with E-state index in [1.807, 2.05) is 6.07 Å². The van der Waals surface area contributed by atoms with Crippen LogP contribution in [-0.4, -0.2) is 21.9 Å². The molecule has 1 aromatic carbocycles. The van der Waals surface area contributed by atoms with Gasteiger partial charge in [0.15, 0.2) is 0 Å².